The molecule has 1 aliphatic rings. The molecule has 0 saturated carbocycles. The Bertz CT molecular complexity index is 468. The van der Waals surface area contributed by atoms with Crippen LogP contribution < -0.4 is 5.32 Å². The van der Waals surface area contributed by atoms with E-state index in [4.69, 9.17) is 0 Å². The summed E-state index contributed by atoms with van der Waals surface area (Å²) in [6.07, 6.45) is 3.05. The van der Waals surface area contributed by atoms with Gasteiger partial charge in [0.05, 0.1) is 0 Å². The largest absolute Gasteiger partial charge is 0.384 e. The fraction of sp³-hybridized carbons (Fsp3) is 0.357. The fourth-order valence-electron chi connectivity index (χ4n) is 2.09. The summed E-state index contributed by atoms with van der Waals surface area (Å²) in [4.78, 5) is 11.1. The molecular weight excluding hydrogens is 217 g/mol. The Labute approximate surface area is 101 Å². The number of allylic oxidation sites excluding steroid dienone is 2. The molecule has 0 radical (unpaired) electrons. The SMILES string of the molecule is Cc1cc(CNC2=CC(=O)CC2)cc(C)c1F. The molecule has 90 valence electrons. The minimum Gasteiger partial charge on any atom is -0.384 e. The van der Waals surface area contributed by atoms with E-state index < -0.39 is 0 Å². The van der Waals surface area contributed by atoms with E-state index in [0.29, 0.717) is 24.1 Å². The average Bonchev–Trinajstić information content (AvgIpc) is 2.69. The van der Waals surface area contributed by atoms with Crippen molar-refractivity contribution in [2.24, 2.45) is 0 Å². The first kappa shape index (κ1) is 11.8. The van der Waals surface area contributed by atoms with Crippen molar-refractivity contribution in [1.29, 1.82) is 0 Å². The first-order valence-corrected chi connectivity index (χ1v) is 5.79. The zero-order chi connectivity index (χ0) is 12.4. The Morgan fingerprint density at radius 2 is 1.88 bits per heavy atom. The van der Waals surface area contributed by atoms with E-state index in [1.54, 1.807) is 19.9 Å². The van der Waals surface area contributed by atoms with Crippen molar-refractivity contribution in [3.8, 4) is 0 Å². The van der Waals surface area contributed by atoms with E-state index >= 15 is 0 Å². The molecule has 2 nitrogen and oxygen atoms in total. The molecule has 0 fully saturated rings. The van der Waals surface area contributed by atoms with E-state index in [1.807, 2.05) is 12.1 Å². The summed E-state index contributed by atoms with van der Waals surface area (Å²) in [6, 6.07) is 3.68. The van der Waals surface area contributed by atoms with Gasteiger partial charge in [-0.2, -0.15) is 0 Å². The molecule has 0 bridgehead atoms. The maximum absolute atomic E-state index is 13.4. The Balaban J connectivity index is 2.05. The second-order valence-corrected chi connectivity index (χ2v) is 4.53. The van der Waals surface area contributed by atoms with Crippen LogP contribution in [-0.2, 0) is 11.3 Å². The van der Waals surface area contributed by atoms with E-state index in [1.165, 1.54) is 0 Å². The van der Waals surface area contributed by atoms with Crippen LogP contribution in [0.4, 0.5) is 4.39 Å². The second kappa shape index (κ2) is 4.70. The lowest BCUT2D eigenvalue weighted by Crippen LogP contribution is -2.11. The summed E-state index contributed by atoms with van der Waals surface area (Å²) in [5.41, 5.74) is 3.35. The number of nitrogens with one attached hydrogen (secondary N) is 1. The van der Waals surface area contributed by atoms with Crippen LogP contribution >= 0.6 is 0 Å². The van der Waals surface area contributed by atoms with Crippen LogP contribution in [0, 0.1) is 19.7 Å². The highest BCUT2D eigenvalue weighted by molar-refractivity contribution is 5.92. The van der Waals surface area contributed by atoms with Gasteiger partial charge in [-0.05, 0) is 37.0 Å². The normalized spacial score (nSPS) is 15.0. The Kier molecular flexibility index (Phi) is 3.27. The van der Waals surface area contributed by atoms with Crippen LogP contribution in [-0.4, -0.2) is 5.78 Å². The van der Waals surface area contributed by atoms with Gasteiger partial charge in [0.15, 0.2) is 5.78 Å². The van der Waals surface area contributed by atoms with E-state index in [2.05, 4.69) is 5.32 Å². The predicted octanol–water partition coefficient (Wildman–Crippen LogP) is 2.78. The highest BCUT2D eigenvalue weighted by atomic mass is 19.1. The third-order valence-electron chi connectivity index (χ3n) is 2.99. The Morgan fingerprint density at radius 3 is 2.41 bits per heavy atom. The highest BCUT2D eigenvalue weighted by Crippen LogP contribution is 2.16. The van der Waals surface area contributed by atoms with Crippen LogP contribution in [0.15, 0.2) is 23.9 Å². The lowest BCUT2D eigenvalue weighted by molar-refractivity contribution is -0.114. The maximum Gasteiger partial charge on any atom is 0.157 e. The molecule has 0 saturated heterocycles. The van der Waals surface area contributed by atoms with E-state index in [9.17, 15) is 9.18 Å². The lowest BCUT2D eigenvalue weighted by Gasteiger charge is -2.09. The minimum atomic E-state index is -0.135. The van der Waals surface area contributed by atoms with Gasteiger partial charge in [0.25, 0.3) is 0 Å². The summed E-state index contributed by atoms with van der Waals surface area (Å²) in [7, 11) is 0. The van der Waals surface area contributed by atoms with Gasteiger partial charge >= 0.3 is 0 Å². The van der Waals surface area contributed by atoms with Gasteiger partial charge < -0.3 is 5.32 Å². The molecule has 0 heterocycles. The Morgan fingerprint density at radius 1 is 1.24 bits per heavy atom. The summed E-state index contributed by atoms with van der Waals surface area (Å²) < 4.78 is 13.4. The molecule has 1 aromatic carbocycles. The molecule has 0 aromatic heterocycles. The first-order valence-electron chi connectivity index (χ1n) is 5.79. The van der Waals surface area contributed by atoms with Gasteiger partial charge in [-0.25, -0.2) is 4.39 Å². The topological polar surface area (TPSA) is 29.1 Å². The van der Waals surface area contributed by atoms with Gasteiger partial charge in [-0.15, -0.1) is 0 Å². The number of hydrogen-bond acceptors (Lipinski definition) is 2. The molecular formula is C14H16FNO. The predicted molar refractivity (Wildman–Crippen MR) is 65.0 cm³/mol. The van der Waals surface area contributed by atoms with Gasteiger partial charge in [-0.1, -0.05) is 12.1 Å². The standard InChI is InChI=1S/C14H16FNO/c1-9-5-11(6-10(2)14(9)15)8-16-12-3-4-13(17)7-12/h5-7,16H,3-4,8H2,1-2H3. The molecule has 0 amide bonds. The van der Waals surface area contributed by atoms with Crippen LogP contribution in [0.3, 0.4) is 0 Å². The first-order chi connectivity index (χ1) is 8.06. The number of rotatable bonds is 3. The molecule has 0 unspecified atom stereocenters. The third-order valence-corrected chi connectivity index (χ3v) is 2.99. The van der Waals surface area contributed by atoms with Crippen molar-refractivity contribution in [1.82, 2.24) is 5.32 Å². The number of ketones is 1. The smallest absolute Gasteiger partial charge is 0.157 e. The van der Waals surface area contributed by atoms with Crippen LogP contribution in [0.1, 0.15) is 29.5 Å². The number of carbonyl (C=O) groups is 1. The van der Waals surface area contributed by atoms with Gasteiger partial charge in [0, 0.05) is 24.7 Å². The van der Waals surface area contributed by atoms with Crippen LogP contribution in [0.25, 0.3) is 0 Å². The molecule has 1 aliphatic carbocycles. The summed E-state index contributed by atoms with van der Waals surface area (Å²) in [6.45, 7) is 4.18. The van der Waals surface area contributed by atoms with Crippen LogP contribution in [0.2, 0.25) is 0 Å². The number of benzene rings is 1. The monoisotopic (exact) mass is 233 g/mol. The Hall–Kier alpha value is -1.64. The van der Waals surface area contributed by atoms with Crippen molar-refractivity contribution in [3.63, 3.8) is 0 Å². The summed E-state index contributed by atoms with van der Waals surface area (Å²) in [5.74, 6) is 0.0444. The number of hydrogen-bond donors (Lipinski definition) is 1. The molecule has 0 spiro atoms. The fourth-order valence-corrected chi connectivity index (χ4v) is 2.09. The average molecular weight is 233 g/mol. The minimum absolute atomic E-state index is 0.135. The molecule has 3 heteroatoms. The van der Waals surface area contributed by atoms with E-state index in [-0.39, 0.29) is 11.6 Å². The number of aryl methyl sites for hydroxylation is 2. The second-order valence-electron chi connectivity index (χ2n) is 4.53. The van der Waals surface area contributed by atoms with Crippen molar-refractivity contribution >= 4 is 5.78 Å². The molecule has 2 rings (SSSR count). The van der Waals surface area contributed by atoms with Crippen LogP contribution in [0.5, 0.6) is 0 Å². The van der Waals surface area contributed by atoms with Crippen molar-refractivity contribution in [2.75, 3.05) is 0 Å². The third kappa shape index (κ3) is 2.73. The zero-order valence-electron chi connectivity index (χ0n) is 10.1. The van der Waals surface area contributed by atoms with Gasteiger partial charge in [-0.3, -0.25) is 4.79 Å². The maximum atomic E-state index is 13.4. The number of carbonyl (C=O) groups excluding carboxylic acids is 1. The lowest BCUT2D eigenvalue weighted by atomic mass is 10.1. The quantitative estimate of drug-likeness (QED) is 0.869. The highest BCUT2D eigenvalue weighted by Gasteiger charge is 2.11. The van der Waals surface area contributed by atoms with Crippen molar-refractivity contribution in [3.05, 3.63) is 46.4 Å². The molecule has 0 atom stereocenters. The summed E-state index contributed by atoms with van der Waals surface area (Å²) in [5, 5.41) is 3.22. The summed E-state index contributed by atoms with van der Waals surface area (Å²) >= 11 is 0. The molecule has 1 aromatic rings. The number of halogens is 1. The zero-order valence-corrected chi connectivity index (χ0v) is 10.1. The van der Waals surface area contributed by atoms with Crippen molar-refractivity contribution in [2.45, 2.75) is 33.2 Å². The molecule has 1 N–H and O–H groups in total. The van der Waals surface area contributed by atoms with E-state index in [0.717, 1.165) is 17.7 Å². The van der Waals surface area contributed by atoms with Gasteiger partial charge in [0.1, 0.15) is 5.82 Å². The molecule has 17 heavy (non-hydrogen) atoms. The van der Waals surface area contributed by atoms with Crippen molar-refractivity contribution < 1.29 is 9.18 Å². The van der Waals surface area contributed by atoms with Gasteiger partial charge in [0.2, 0.25) is 0 Å². The molecule has 0 aliphatic heterocycles.